The highest BCUT2D eigenvalue weighted by Gasteiger charge is 2.46. The third-order valence-electron chi connectivity index (χ3n) is 19.7. The van der Waals surface area contributed by atoms with E-state index in [4.69, 9.17) is 28.4 Å². The van der Waals surface area contributed by atoms with Crippen LogP contribution in [0, 0.1) is 5.41 Å². The van der Waals surface area contributed by atoms with Gasteiger partial charge in [0.05, 0.1) is 32.7 Å². The maximum absolute atomic E-state index is 15.4. The first-order chi connectivity index (χ1) is 52.0. The van der Waals surface area contributed by atoms with Crippen molar-refractivity contribution in [3.05, 3.63) is 227 Å². The van der Waals surface area contributed by atoms with Gasteiger partial charge in [0.2, 0.25) is 29.4 Å². The monoisotopic (exact) mass is 1470 g/mol. The van der Waals surface area contributed by atoms with Crippen LogP contribution >= 0.6 is 0 Å². The number of carbonyl (C=O) groups is 10. The smallest absolute Gasteiger partial charge is 0.409 e. The van der Waals surface area contributed by atoms with Crippen molar-refractivity contribution in [1.29, 1.82) is 0 Å². The molecule has 566 valence electrons. The van der Waals surface area contributed by atoms with Crippen LogP contribution in [0.15, 0.2) is 188 Å². The number of ketones is 1. The predicted molar refractivity (Wildman–Crippen MR) is 401 cm³/mol. The van der Waals surface area contributed by atoms with Gasteiger partial charge in [-0.05, 0) is 132 Å². The Morgan fingerprint density at radius 1 is 0.620 bits per heavy atom. The number of nitrogens with zero attached hydrogens (tertiary/aromatic N) is 5. The quantitative estimate of drug-likeness (QED) is 0.0552. The molecule has 108 heavy (non-hydrogen) atoms. The van der Waals surface area contributed by atoms with Crippen LogP contribution in [0.5, 0.6) is 23.0 Å². The number of fused-ring (bicyclic) bond motifs is 6. The predicted octanol–water partition coefficient (Wildman–Crippen LogP) is 8.79. The molecule has 2 heterocycles. The number of rotatable bonds is 13. The van der Waals surface area contributed by atoms with Gasteiger partial charge in [-0.25, -0.2) is 14.4 Å². The lowest BCUT2D eigenvalue weighted by Gasteiger charge is -2.40. The maximum atomic E-state index is 15.4. The first-order valence-electron chi connectivity index (χ1n) is 36.1. The zero-order valence-electron chi connectivity index (χ0n) is 61.9. The van der Waals surface area contributed by atoms with Gasteiger partial charge >= 0.3 is 18.0 Å². The van der Waals surface area contributed by atoms with Crippen molar-refractivity contribution in [2.24, 2.45) is 5.41 Å². The summed E-state index contributed by atoms with van der Waals surface area (Å²) in [7, 11) is 7.45. The molecule has 24 nitrogen and oxygen atoms in total. The van der Waals surface area contributed by atoms with Crippen molar-refractivity contribution in [2.75, 3.05) is 87.9 Å². The maximum Gasteiger partial charge on any atom is 0.409 e. The van der Waals surface area contributed by atoms with Gasteiger partial charge < -0.3 is 68.7 Å². The minimum atomic E-state index is -1.64. The molecule has 2 bridgehead atoms. The number of esters is 2. The number of piperazine rings is 1. The summed E-state index contributed by atoms with van der Waals surface area (Å²) in [4.78, 5) is 152. The van der Waals surface area contributed by atoms with Crippen LogP contribution in [0.25, 0.3) is 11.1 Å². The molecule has 1 fully saturated rings. The number of cyclic esters (lactones) is 2. The van der Waals surface area contributed by atoms with E-state index >= 15 is 9.59 Å². The Balaban J connectivity index is 0.962. The number of likely N-dealkylation sites (N-methyl/N-ethyl adjacent to an activating group) is 3. The van der Waals surface area contributed by atoms with Gasteiger partial charge in [0, 0.05) is 72.0 Å². The molecule has 5 atom stereocenters. The molecule has 0 unspecified atom stereocenters. The van der Waals surface area contributed by atoms with E-state index in [-0.39, 0.29) is 75.8 Å². The van der Waals surface area contributed by atoms with E-state index in [0.717, 1.165) is 43.2 Å². The van der Waals surface area contributed by atoms with E-state index in [2.05, 4.69) is 10.6 Å². The molecular weight excluding hydrogens is 1380 g/mol. The van der Waals surface area contributed by atoms with Crippen LogP contribution in [0.2, 0.25) is 0 Å². The van der Waals surface area contributed by atoms with Gasteiger partial charge in [0.1, 0.15) is 55.0 Å². The summed E-state index contributed by atoms with van der Waals surface area (Å²) in [6.07, 6.45) is 2.62. The van der Waals surface area contributed by atoms with Crippen molar-refractivity contribution < 1.29 is 81.5 Å². The van der Waals surface area contributed by atoms with Gasteiger partial charge in [-0.15, -0.1) is 0 Å². The SMILES string of the molecule is COc1ccc(CC[C@H]2OC(=O)[C@@H]3CN(C(=O)OCC4c5ccccc5-c5ccccc54)CCN3C(=O)C(=O)C(C)(C)COC(=O)/C=C/CCCCN(C)C(=O)[C@@H](Cc3ccccc3)NC(=O)CN(C)C(=O)[C@@H](Cc3ccccc3)NC(=O)[C@H](Cc3ccc(O)cc3)N(C)C(=O)COc3cccc2c3)cc1OC. The number of benzene rings is 7. The van der Waals surface area contributed by atoms with Gasteiger partial charge in [-0.2, -0.15) is 0 Å². The third kappa shape index (κ3) is 20.4. The second kappa shape index (κ2) is 36.9. The van der Waals surface area contributed by atoms with Crippen LogP contribution in [0.1, 0.15) is 90.5 Å². The summed E-state index contributed by atoms with van der Waals surface area (Å²) in [6.45, 7) is 0.488. The topological polar surface area (TPSA) is 287 Å². The molecule has 3 N–H and O–H groups in total. The molecule has 2 aliphatic heterocycles. The Hall–Kier alpha value is -11.8. The second-order valence-corrected chi connectivity index (χ2v) is 27.9. The zero-order valence-corrected chi connectivity index (χ0v) is 61.9. The molecule has 7 aromatic carbocycles. The molecule has 7 amide bonds. The summed E-state index contributed by atoms with van der Waals surface area (Å²) >= 11 is 0. The molecule has 10 rings (SSSR count). The highest BCUT2D eigenvalue weighted by molar-refractivity contribution is 6.38. The Morgan fingerprint density at radius 3 is 1.89 bits per heavy atom. The van der Waals surface area contributed by atoms with E-state index in [1.54, 1.807) is 92.0 Å². The average molecular weight is 1470 g/mol. The van der Waals surface area contributed by atoms with E-state index in [1.807, 2.05) is 84.9 Å². The minimum Gasteiger partial charge on any atom is -0.508 e. The van der Waals surface area contributed by atoms with E-state index in [9.17, 15) is 43.5 Å². The van der Waals surface area contributed by atoms with E-state index in [1.165, 1.54) is 75.1 Å². The number of methoxy groups -OCH3 is 2. The van der Waals surface area contributed by atoms with Crippen molar-refractivity contribution in [3.8, 4) is 34.1 Å². The number of nitrogens with one attached hydrogen (secondary N) is 2. The minimum absolute atomic E-state index is 0.0282. The van der Waals surface area contributed by atoms with Gasteiger partial charge in [0.15, 0.2) is 18.1 Å². The Labute approximate surface area is 628 Å². The van der Waals surface area contributed by atoms with Gasteiger partial charge in [0.25, 0.3) is 11.8 Å². The lowest BCUT2D eigenvalue weighted by molar-refractivity contribution is -0.166. The summed E-state index contributed by atoms with van der Waals surface area (Å²) in [6, 6.07) is 46.4. The normalized spacial score (nSPS) is 20.4. The number of aryl methyl sites for hydroxylation is 1. The number of carbonyl (C=O) groups excluding carboxylic acids is 10. The Bertz CT molecular complexity index is 4350. The molecule has 0 saturated carbocycles. The van der Waals surface area contributed by atoms with Crippen LogP contribution in [-0.2, 0) is 83.0 Å². The first-order valence-corrected chi connectivity index (χ1v) is 36.1. The Kier molecular flexibility index (Phi) is 26.9. The molecule has 3 aliphatic rings. The number of amides is 7. The largest absolute Gasteiger partial charge is 0.508 e. The van der Waals surface area contributed by atoms with Gasteiger partial charge in [-0.1, -0.05) is 146 Å². The summed E-state index contributed by atoms with van der Waals surface area (Å²) in [5.74, 6) is -6.28. The molecular formula is C84H93N7O17. The number of allylic oxidation sites excluding steroid dienone is 1. The lowest BCUT2D eigenvalue weighted by atomic mass is 9.87. The van der Waals surface area contributed by atoms with Crippen LogP contribution in [0.4, 0.5) is 4.79 Å². The fraction of sp³-hybridized carbons (Fsp3) is 0.357. The molecule has 0 radical (unpaired) electrons. The molecule has 0 aromatic heterocycles. The molecule has 1 saturated heterocycles. The molecule has 24 heteroatoms. The summed E-state index contributed by atoms with van der Waals surface area (Å²) < 4.78 is 35.6. The standard InChI is InChI=1S/C84H93N7O17/c1-84(2)54-107-76(95)33-16-8-9-21-42-87(3)79(98)67(45-55-23-12-10-13-24-55)85-74(93)51-88(4)80(99)68(46-56-25-14-11-15-26-56)86-78(97)69(47-57-34-38-60(92)39-35-57)89(5)75(94)53-105-61-28-22-27-59(49-61)71(40-36-58-37-41-72(103-6)73(48-58)104-7)108-82(101)70-50-90(43-44-91(70)81(100)77(84)96)83(102)106-52-66-64-31-19-17-29-62(64)63-30-18-20-32-65(63)66/h10-20,22-35,37-39,41,48-49,66-71,92H,8-9,21,36,40,42-47,50-54H2,1-7H3,(H,85,93)(H,86,97)/b33-16+/t67-,68-,69+,70+,71-/m1/s1. The lowest BCUT2D eigenvalue weighted by Crippen LogP contribution is -2.62. The molecule has 7 aromatic rings. The number of phenols is 1. The van der Waals surface area contributed by atoms with Crippen molar-refractivity contribution in [2.45, 2.75) is 101 Å². The summed E-state index contributed by atoms with van der Waals surface area (Å²) in [5, 5.41) is 16.0. The highest BCUT2D eigenvalue weighted by atomic mass is 16.6. The second-order valence-electron chi connectivity index (χ2n) is 27.9. The fourth-order valence-corrected chi connectivity index (χ4v) is 13.5. The van der Waals surface area contributed by atoms with E-state index in [0.29, 0.717) is 47.5 Å². The highest BCUT2D eigenvalue weighted by Crippen LogP contribution is 2.45. The number of Topliss-reactive ketones (excluding diaryl/α,β-unsaturated/α-hetero) is 1. The first kappa shape index (κ1) is 78.8. The summed E-state index contributed by atoms with van der Waals surface area (Å²) in [5.41, 5.74) is 5.45. The van der Waals surface area contributed by atoms with Crippen LogP contribution in [-0.4, -0.2) is 201 Å². The van der Waals surface area contributed by atoms with E-state index < -0.39 is 121 Å². The third-order valence-corrected chi connectivity index (χ3v) is 19.7. The van der Waals surface area contributed by atoms with Gasteiger partial charge in [-0.3, -0.25) is 33.6 Å². The average Bonchev–Trinajstić information content (AvgIpc) is 1.61. The van der Waals surface area contributed by atoms with Crippen molar-refractivity contribution >= 4 is 59.3 Å². The number of hydrogen-bond donors (Lipinski definition) is 3. The van der Waals surface area contributed by atoms with Crippen molar-refractivity contribution in [1.82, 2.24) is 35.1 Å². The van der Waals surface area contributed by atoms with Crippen LogP contribution in [0.3, 0.4) is 0 Å². The van der Waals surface area contributed by atoms with Crippen LogP contribution < -0.4 is 24.8 Å². The van der Waals surface area contributed by atoms with Crippen molar-refractivity contribution in [3.63, 3.8) is 0 Å². The molecule has 1 aliphatic carbocycles. The number of ether oxygens (including phenoxy) is 6. The fourth-order valence-electron chi connectivity index (χ4n) is 13.5. The number of hydrogen-bond acceptors (Lipinski definition) is 17. The zero-order chi connectivity index (χ0) is 77.0. The molecule has 0 spiro atoms. The number of aromatic hydroxyl groups is 1. The number of phenolic OH excluding ortho intramolecular Hbond substituents is 1. The Morgan fingerprint density at radius 2 is 1.23 bits per heavy atom.